The number of aliphatic hydroxyl groups is 1. The number of aliphatic hydroxyl groups excluding tert-OH is 1. The van der Waals surface area contributed by atoms with Crippen LogP contribution in [0.25, 0.3) is 0 Å². The summed E-state index contributed by atoms with van der Waals surface area (Å²) in [5.41, 5.74) is -0.318. The molecule has 0 spiro atoms. The maximum absolute atomic E-state index is 9.60. The SMILES string of the molecule is CC(C)(C)OC=O.OC[C@H]1CCN1. The van der Waals surface area contributed by atoms with Gasteiger partial charge in [0, 0.05) is 6.04 Å². The molecule has 78 valence electrons. The normalized spacial score (nSPS) is 20.8. The van der Waals surface area contributed by atoms with Crippen molar-refractivity contribution in [1.82, 2.24) is 5.32 Å². The second-order valence-corrected chi connectivity index (χ2v) is 3.95. The summed E-state index contributed by atoms with van der Waals surface area (Å²) in [6.45, 7) is 7.31. The minimum Gasteiger partial charge on any atom is -0.462 e. The van der Waals surface area contributed by atoms with Crippen LogP contribution in [0.3, 0.4) is 0 Å². The first-order valence-corrected chi connectivity index (χ1v) is 4.45. The van der Waals surface area contributed by atoms with Crippen molar-refractivity contribution < 1.29 is 14.6 Å². The van der Waals surface area contributed by atoms with Crippen LogP contribution in [0.4, 0.5) is 0 Å². The lowest BCUT2D eigenvalue weighted by molar-refractivity contribution is -0.138. The number of nitrogens with one attached hydrogen (secondary N) is 1. The zero-order valence-electron chi connectivity index (χ0n) is 8.54. The van der Waals surface area contributed by atoms with E-state index in [-0.39, 0.29) is 5.60 Å². The fourth-order valence-electron chi connectivity index (χ4n) is 0.649. The van der Waals surface area contributed by atoms with E-state index in [1.165, 1.54) is 0 Å². The fraction of sp³-hybridized carbons (Fsp3) is 0.889. The predicted octanol–water partition coefficient (Wildman–Crippen LogP) is 0.299. The van der Waals surface area contributed by atoms with Gasteiger partial charge in [0.2, 0.25) is 0 Å². The molecule has 1 atom stereocenters. The minimum absolute atomic E-state index is 0.306. The molecule has 4 heteroatoms. The molecule has 0 bridgehead atoms. The Kier molecular flexibility index (Phi) is 5.66. The van der Waals surface area contributed by atoms with Gasteiger partial charge in [0.1, 0.15) is 5.60 Å². The van der Waals surface area contributed by atoms with Gasteiger partial charge in [-0.25, -0.2) is 0 Å². The van der Waals surface area contributed by atoms with Crippen molar-refractivity contribution in [1.29, 1.82) is 0 Å². The van der Waals surface area contributed by atoms with Crippen LogP contribution in [0.5, 0.6) is 0 Å². The predicted molar refractivity (Wildman–Crippen MR) is 50.4 cm³/mol. The summed E-state index contributed by atoms with van der Waals surface area (Å²) in [4.78, 5) is 9.60. The molecule has 1 fully saturated rings. The van der Waals surface area contributed by atoms with E-state index < -0.39 is 0 Å². The Hall–Kier alpha value is -0.610. The number of carbonyl (C=O) groups excluding carboxylic acids is 1. The van der Waals surface area contributed by atoms with Crippen LogP contribution in [-0.4, -0.2) is 36.4 Å². The molecule has 1 aliphatic rings. The molecule has 2 N–H and O–H groups in total. The van der Waals surface area contributed by atoms with Crippen LogP contribution in [-0.2, 0) is 9.53 Å². The van der Waals surface area contributed by atoms with E-state index >= 15 is 0 Å². The van der Waals surface area contributed by atoms with Crippen molar-refractivity contribution in [3.63, 3.8) is 0 Å². The van der Waals surface area contributed by atoms with Gasteiger partial charge in [-0.05, 0) is 33.7 Å². The van der Waals surface area contributed by atoms with Gasteiger partial charge in [-0.3, -0.25) is 4.79 Å². The molecule has 0 aromatic rings. The van der Waals surface area contributed by atoms with Crippen LogP contribution in [0.2, 0.25) is 0 Å². The molecule has 1 heterocycles. The Balaban J connectivity index is 0.000000223. The van der Waals surface area contributed by atoms with E-state index in [4.69, 9.17) is 5.11 Å². The monoisotopic (exact) mass is 189 g/mol. The Morgan fingerprint density at radius 2 is 2.15 bits per heavy atom. The van der Waals surface area contributed by atoms with Crippen LogP contribution in [0.1, 0.15) is 27.2 Å². The molecule has 0 saturated carbocycles. The molecule has 1 saturated heterocycles. The number of hydrogen-bond acceptors (Lipinski definition) is 4. The molecule has 4 nitrogen and oxygen atoms in total. The summed E-state index contributed by atoms with van der Waals surface area (Å²) >= 11 is 0. The average molecular weight is 189 g/mol. The van der Waals surface area contributed by atoms with Gasteiger partial charge >= 0.3 is 0 Å². The molecule has 1 rings (SSSR count). The Morgan fingerprint density at radius 3 is 2.15 bits per heavy atom. The summed E-state index contributed by atoms with van der Waals surface area (Å²) in [5, 5.41) is 11.4. The molecule has 1 aliphatic heterocycles. The summed E-state index contributed by atoms with van der Waals surface area (Å²) in [6, 6.07) is 0.421. The van der Waals surface area contributed by atoms with Crippen molar-refractivity contribution in [2.24, 2.45) is 0 Å². The highest BCUT2D eigenvalue weighted by molar-refractivity contribution is 5.37. The van der Waals surface area contributed by atoms with Crippen molar-refractivity contribution in [3.8, 4) is 0 Å². The average Bonchev–Trinajstić information content (AvgIpc) is 1.82. The third-order valence-electron chi connectivity index (χ3n) is 1.55. The van der Waals surface area contributed by atoms with Gasteiger partial charge in [-0.1, -0.05) is 0 Å². The molecule has 0 aromatic carbocycles. The highest BCUT2D eigenvalue weighted by atomic mass is 16.5. The smallest absolute Gasteiger partial charge is 0.293 e. The van der Waals surface area contributed by atoms with Gasteiger partial charge in [-0.2, -0.15) is 0 Å². The molecule has 13 heavy (non-hydrogen) atoms. The van der Waals surface area contributed by atoms with E-state index in [9.17, 15) is 4.79 Å². The third-order valence-corrected chi connectivity index (χ3v) is 1.55. The van der Waals surface area contributed by atoms with E-state index in [0.717, 1.165) is 13.0 Å². The molecule has 0 aromatic heterocycles. The van der Waals surface area contributed by atoms with Crippen molar-refractivity contribution in [3.05, 3.63) is 0 Å². The zero-order chi connectivity index (χ0) is 10.3. The van der Waals surface area contributed by atoms with Crippen LogP contribution in [0.15, 0.2) is 0 Å². The Bertz CT molecular complexity index is 136. The van der Waals surface area contributed by atoms with E-state index in [2.05, 4.69) is 10.1 Å². The molecular formula is C9H19NO3. The molecular weight excluding hydrogens is 170 g/mol. The maximum Gasteiger partial charge on any atom is 0.293 e. The van der Waals surface area contributed by atoms with Crippen molar-refractivity contribution in [2.75, 3.05) is 13.2 Å². The van der Waals surface area contributed by atoms with E-state index in [0.29, 0.717) is 19.1 Å². The van der Waals surface area contributed by atoms with Crippen LogP contribution in [0, 0.1) is 0 Å². The summed E-state index contributed by atoms with van der Waals surface area (Å²) in [5.74, 6) is 0. The molecule has 0 unspecified atom stereocenters. The molecule has 0 radical (unpaired) electrons. The minimum atomic E-state index is -0.318. The first-order valence-electron chi connectivity index (χ1n) is 4.45. The molecule has 0 aliphatic carbocycles. The number of ether oxygens (including phenoxy) is 1. The summed E-state index contributed by atoms with van der Waals surface area (Å²) in [6.07, 6.45) is 1.15. The number of carbonyl (C=O) groups is 1. The number of hydrogen-bond donors (Lipinski definition) is 2. The fourth-order valence-corrected chi connectivity index (χ4v) is 0.649. The standard InChI is InChI=1S/C5H10O2.C4H9NO/c1-5(2,3)7-4-6;6-3-4-1-2-5-4/h4H,1-3H3;4-6H,1-3H2/t;4-/m.1/s1. The first kappa shape index (κ1) is 12.4. The lowest BCUT2D eigenvalue weighted by Crippen LogP contribution is -2.45. The van der Waals surface area contributed by atoms with Crippen molar-refractivity contribution >= 4 is 6.47 Å². The van der Waals surface area contributed by atoms with Crippen LogP contribution >= 0.6 is 0 Å². The highest BCUT2D eigenvalue weighted by Crippen LogP contribution is 2.02. The highest BCUT2D eigenvalue weighted by Gasteiger charge is 2.13. The van der Waals surface area contributed by atoms with Crippen molar-refractivity contribution in [2.45, 2.75) is 38.8 Å². The lowest BCUT2D eigenvalue weighted by atomic mass is 10.1. The largest absolute Gasteiger partial charge is 0.462 e. The first-order chi connectivity index (χ1) is 5.99. The quantitative estimate of drug-likeness (QED) is 0.613. The van der Waals surface area contributed by atoms with Gasteiger partial charge < -0.3 is 15.2 Å². The Labute approximate surface area is 79.3 Å². The maximum atomic E-state index is 9.60. The van der Waals surface area contributed by atoms with Crippen LogP contribution < -0.4 is 5.32 Å². The van der Waals surface area contributed by atoms with Gasteiger partial charge in [0.05, 0.1) is 6.61 Å². The van der Waals surface area contributed by atoms with Gasteiger partial charge in [-0.15, -0.1) is 0 Å². The summed E-state index contributed by atoms with van der Waals surface area (Å²) in [7, 11) is 0. The molecule has 0 amide bonds. The number of rotatable bonds is 2. The van der Waals surface area contributed by atoms with Gasteiger partial charge in [0.15, 0.2) is 0 Å². The zero-order valence-corrected chi connectivity index (χ0v) is 8.54. The second kappa shape index (κ2) is 5.94. The topological polar surface area (TPSA) is 58.6 Å². The second-order valence-electron chi connectivity index (χ2n) is 3.95. The third kappa shape index (κ3) is 7.74. The van der Waals surface area contributed by atoms with E-state index in [1.807, 2.05) is 20.8 Å². The van der Waals surface area contributed by atoms with Gasteiger partial charge in [0.25, 0.3) is 6.47 Å². The summed E-state index contributed by atoms with van der Waals surface area (Å²) < 4.78 is 4.55. The van der Waals surface area contributed by atoms with E-state index in [1.54, 1.807) is 0 Å². The Morgan fingerprint density at radius 1 is 1.62 bits per heavy atom. The lowest BCUT2D eigenvalue weighted by Gasteiger charge is -2.24.